The lowest BCUT2D eigenvalue weighted by atomic mass is 10.2. The molecule has 1 aromatic carbocycles. The molecule has 3 heterocycles. The molecule has 0 aliphatic carbocycles. The number of hydrogen-bond acceptors (Lipinski definition) is 5. The summed E-state index contributed by atoms with van der Waals surface area (Å²) in [7, 11) is 0. The molecule has 0 aliphatic rings. The fourth-order valence-corrected chi connectivity index (χ4v) is 2.99. The number of oxazole rings is 1. The van der Waals surface area contributed by atoms with E-state index in [0.29, 0.717) is 24.6 Å². The van der Waals surface area contributed by atoms with Crippen molar-refractivity contribution in [1.29, 1.82) is 0 Å². The lowest BCUT2D eigenvalue weighted by molar-refractivity contribution is 0.0945. The Hall–Kier alpha value is -3.48. The summed E-state index contributed by atoms with van der Waals surface area (Å²) in [6, 6.07) is 13.6. The average molecular weight is 375 g/mol. The van der Waals surface area contributed by atoms with Gasteiger partial charge in [0.05, 0.1) is 23.3 Å². The van der Waals surface area contributed by atoms with Gasteiger partial charge in [0.25, 0.3) is 5.91 Å². The van der Waals surface area contributed by atoms with E-state index in [0.717, 1.165) is 41.8 Å². The zero-order valence-corrected chi connectivity index (χ0v) is 15.4. The lowest BCUT2D eigenvalue weighted by Crippen LogP contribution is -2.23. The third-order valence-electron chi connectivity index (χ3n) is 4.43. The molecule has 0 aliphatic heterocycles. The minimum atomic E-state index is -0.261. The van der Waals surface area contributed by atoms with Crippen molar-refractivity contribution in [2.24, 2.45) is 0 Å². The second-order valence-electron chi connectivity index (χ2n) is 6.54. The molecule has 28 heavy (non-hydrogen) atoms. The standard InChI is InChI=1S/C21H21N5O2/c27-21(23-13-15-7-5-6-12-22-15)18-14-28-20(26-18)11-4-3-10-19-24-16-8-1-2-9-17(16)25-19/h1-2,5-9,12,14H,3-4,10-11,13H2,(H,23,27)(H,24,25). The Kier molecular flexibility index (Phi) is 5.42. The number of unbranched alkanes of at least 4 members (excludes halogenated alkanes) is 1. The van der Waals surface area contributed by atoms with Gasteiger partial charge in [-0.15, -0.1) is 0 Å². The molecule has 1 amide bonds. The van der Waals surface area contributed by atoms with Crippen molar-refractivity contribution in [2.45, 2.75) is 32.2 Å². The van der Waals surface area contributed by atoms with Crippen molar-refractivity contribution in [1.82, 2.24) is 25.3 Å². The van der Waals surface area contributed by atoms with E-state index in [9.17, 15) is 4.79 Å². The van der Waals surface area contributed by atoms with Gasteiger partial charge in [0.2, 0.25) is 0 Å². The van der Waals surface area contributed by atoms with Gasteiger partial charge < -0.3 is 14.7 Å². The van der Waals surface area contributed by atoms with Crippen molar-refractivity contribution in [3.05, 3.63) is 78.0 Å². The Labute approximate surface area is 162 Å². The number of aromatic amines is 1. The van der Waals surface area contributed by atoms with Crippen molar-refractivity contribution >= 4 is 16.9 Å². The van der Waals surface area contributed by atoms with E-state index in [-0.39, 0.29) is 5.91 Å². The van der Waals surface area contributed by atoms with Gasteiger partial charge in [0.15, 0.2) is 11.6 Å². The first-order chi connectivity index (χ1) is 13.8. The summed E-state index contributed by atoms with van der Waals surface area (Å²) in [5, 5.41) is 2.79. The highest BCUT2D eigenvalue weighted by Crippen LogP contribution is 2.13. The number of rotatable bonds is 8. The number of carbonyl (C=O) groups excluding carboxylic acids is 1. The first-order valence-electron chi connectivity index (χ1n) is 9.34. The number of aryl methyl sites for hydroxylation is 2. The van der Waals surface area contributed by atoms with Crippen LogP contribution in [0.3, 0.4) is 0 Å². The Morgan fingerprint density at radius 1 is 1.04 bits per heavy atom. The maximum Gasteiger partial charge on any atom is 0.273 e. The molecule has 0 saturated carbocycles. The molecule has 0 fully saturated rings. The largest absolute Gasteiger partial charge is 0.448 e. The molecule has 142 valence electrons. The number of aromatic nitrogens is 4. The van der Waals surface area contributed by atoms with Crippen LogP contribution in [-0.2, 0) is 19.4 Å². The van der Waals surface area contributed by atoms with Crippen LogP contribution in [0.25, 0.3) is 11.0 Å². The summed E-state index contributed by atoms with van der Waals surface area (Å²) in [4.78, 5) is 28.5. The first-order valence-corrected chi connectivity index (χ1v) is 9.34. The van der Waals surface area contributed by atoms with E-state index in [2.05, 4.69) is 25.3 Å². The summed E-state index contributed by atoms with van der Waals surface area (Å²) in [6.45, 7) is 0.360. The lowest BCUT2D eigenvalue weighted by Gasteiger charge is -2.01. The minimum Gasteiger partial charge on any atom is -0.448 e. The highest BCUT2D eigenvalue weighted by atomic mass is 16.3. The van der Waals surface area contributed by atoms with Crippen molar-refractivity contribution in [2.75, 3.05) is 0 Å². The van der Waals surface area contributed by atoms with E-state index in [4.69, 9.17) is 4.42 Å². The third-order valence-corrected chi connectivity index (χ3v) is 4.43. The van der Waals surface area contributed by atoms with Crippen molar-refractivity contribution in [3.8, 4) is 0 Å². The van der Waals surface area contributed by atoms with Gasteiger partial charge in [0, 0.05) is 19.0 Å². The zero-order valence-electron chi connectivity index (χ0n) is 15.4. The molecule has 0 bridgehead atoms. The van der Waals surface area contributed by atoms with Crippen LogP contribution in [0, 0.1) is 0 Å². The summed E-state index contributed by atoms with van der Waals surface area (Å²) in [5.41, 5.74) is 3.14. The van der Waals surface area contributed by atoms with Crippen LogP contribution >= 0.6 is 0 Å². The zero-order chi connectivity index (χ0) is 19.2. The van der Waals surface area contributed by atoms with Crippen LogP contribution in [0.2, 0.25) is 0 Å². The quantitative estimate of drug-likeness (QED) is 0.460. The smallest absolute Gasteiger partial charge is 0.273 e. The van der Waals surface area contributed by atoms with Gasteiger partial charge in [-0.25, -0.2) is 9.97 Å². The number of H-pyrrole nitrogens is 1. The molecular weight excluding hydrogens is 354 g/mol. The van der Waals surface area contributed by atoms with Crippen molar-refractivity contribution < 1.29 is 9.21 Å². The molecular formula is C21H21N5O2. The second kappa shape index (κ2) is 8.47. The van der Waals surface area contributed by atoms with E-state index >= 15 is 0 Å². The number of carbonyl (C=O) groups is 1. The molecule has 0 saturated heterocycles. The van der Waals surface area contributed by atoms with Crippen LogP contribution in [0.4, 0.5) is 0 Å². The monoisotopic (exact) mass is 375 g/mol. The topological polar surface area (TPSA) is 96.7 Å². The predicted octanol–water partition coefficient (Wildman–Crippen LogP) is 3.44. The molecule has 0 unspecified atom stereocenters. The second-order valence-corrected chi connectivity index (χ2v) is 6.54. The van der Waals surface area contributed by atoms with E-state index < -0.39 is 0 Å². The van der Waals surface area contributed by atoms with Crippen LogP contribution in [0.5, 0.6) is 0 Å². The van der Waals surface area contributed by atoms with Crippen LogP contribution < -0.4 is 5.32 Å². The fraction of sp³-hybridized carbons (Fsp3) is 0.238. The number of benzene rings is 1. The Morgan fingerprint density at radius 2 is 1.89 bits per heavy atom. The number of pyridine rings is 1. The molecule has 0 radical (unpaired) electrons. The SMILES string of the molecule is O=C(NCc1ccccn1)c1coc(CCCCc2nc3ccccc3[nH]2)n1. The molecule has 4 rings (SSSR count). The number of nitrogens with zero attached hydrogens (tertiary/aromatic N) is 3. The van der Waals surface area contributed by atoms with Crippen molar-refractivity contribution in [3.63, 3.8) is 0 Å². The number of imidazole rings is 1. The minimum absolute atomic E-state index is 0.261. The summed E-state index contributed by atoms with van der Waals surface area (Å²) < 4.78 is 5.43. The fourth-order valence-electron chi connectivity index (χ4n) is 2.99. The average Bonchev–Trinajstić information content (AvgIpc) is 3.37. The van der Waals surface area contributed by atoms with Gasteiger partial charge >= 0.3 is 0 Å². The Bertz CT molecular complexity index is 1020. The molecule has 7 nitrogen and oxygen atoms in total. The van der Waals surface area contributed by atoms with E-state index in [1.54, 1.807) is 6.20 Å². The normalized spacial score (nSPS) is 11.0. The number of amides is 1. The Balaban J connectivity index is 1.22. The summed E-state index contributed by atoms with van der Waals surface area (Å²) >= 11 is 0. The van der Waals surface area contributed by atoms with Gasteiger partial charge in [-0.1, -0.05) is 18.2 Å². The third kappa shape index (κ3) is 4.43. The number of nitrogens with one attached hydrogen (secondary N) is 2. The molecule has 3 aromatic heterocycles. The van der Waals surface area contributed by atoms with Gasteiger partial charge in [0.1, 0.15) is 12.1 Å². The number of fused-ring (bicyclic) bond motifs is 1. The molecule has 4 aromatic rings. The van der Waals surface area contributed by atoms with Gasteiger partial charge in [-0.3, -0.25) is 9.78 Å². The molecule has 2 N–H and O–H groups in total. The summed E-state index contributed by atoms with van der Waals surface area (Å²) in [6.07, 6.45) is 6.53. The van der Waals surface area contributed by atoms with E-state index in [1.165, 1.54) is 6.26 Å². The van der Waals surface area contributed by atoms with Gasteiger partial charge in [-0.2, -0.15) is 0 Å². The van der Waals surface area contributed by atoms with Crippen LogP contribution in [-0.4, -0.2) is 25.8 Å². The highest BCUT2D eigenvalue weighted by Gasteiger charge is 2.12. The van der Waals surface area contributed by atoms with Crippen LogP contribution in [0.15, 0.2) is 59.3 Å². The number of para-hydroxylation sites is 2. The Morgan fingerprint density at radius 3 is 2.75 bits per heavy atom. The predicted molar refractivity (Wildman–Crippen MR) is 105 cm³/mol. The summed E-state index contributed by atoms with van der Waals surface area (Å²) in [5.74, 6) is 1.30. The molecule has 0 atom stereocenters. The maximum atomic E-state index is 12.2. The number of hydrogen-bond donors (Lipinski definition) is 2. The highest BCUT2D eigenvalue weighted by molar-refractivity contribution is 5.91. The van der Waals surface area contributed by atoms with Gasteiger partial charge in [-0.05, 0) is 37.1 Å². The first kappa shape index (κ1) is 17.9. The molecule has 0 spiro atoms. The molecule has 7 heteroatoms. The van der Waals surface area contributed by atoms with Crippen LogP contribution in [0.1, 0.15) is 40.7 Å². The van der Waals surface area contributed by atoms with E-state index in [1.807, 2.05) is 42.5 Å². The maximum absolute atomic E-state index is 12.2.